The molecular formula is C11H22FN. The van der Waals surface area contributed by atoms with Crippen LogP contribution >= 0.6 is 0 Å². The van der Waals surface area contributed by atoms with Gasteiger partial charge in [0, 0.05) is 6.04 Å². The van der Waals surface area contributed by atoms with Gasteiger partial charge in [0.1, 0.15) is 6.17 Å². The van der Waals surface area contributed by atoms with Gasteiger partial charge in [-0.3, -0.25) is 0 Å². The Balaban J connectivity index is 2.06. The lowest BCUT2D eigenvalue weighted by Gasteiger charge is -2.16. The van der Waals surface area contributed by atoms with Gasteiger partial charge in [0.2, 0.25) is 0 Å². The molecule has 1 rings (SSSR count). The number of hydrogen-bond donors (Lipinski definition) is 1. The average Bonchev–Trinajstić information content (AvgIpc) is 2.55. The van der Waals surface area contributed by atoms with E-state index in [9.17, 15) is 4.39 Å². The molecule has 0 aromatic carbocycles. The van der Waals surface area contributed by atoms with Crippen LogP contribution in [-0.2, 0) is 0 Å². The summed E-state index contributed by atoms with van der Waals surface area (Å²) in [6, 6.07) is 0.159. The minimum atomic E-state index is -0.610. The quantitative estimate of drug-likeness (QED) is 0.698. The van der Waals surface area contributed by atoms with E-state index in [-0.39, 0.29) is 6.04 Å². The van der Waals surface area contributed by atoms with Gasteiger partial charge < -0.3 is 5.32 Å². The van der Waals surface area contributed by atoms with Crippen molar-refractivity contribution in [1.82, 2.24) is 5.32 Å². The van der Waals surface area contributed by atoms with Crippen molar-refractivity contribution in [2.24, 2.45) is 5.92 Å². The first-order valence-corrected chi connectivity index (χ1v) is 5.57. The molecule has 1 saturated heterocycles. The summed E-state index contributed by atoms with van der Waals surface area (Å²) in [6.07, 6.45) is 4.51. The summed E-state index contributed by atoms with van der Waals surface area (Å²) in [7, 11) is 0. The van der Waals surface area contributed by atoms with Crippen molar-refractivity contribution >= 4 is 0 Å². The highest BCUT2D eigenvalue weighted by Crippen LogP contribution is 2.18. The van der Waals surface area contributed by atoms with Crippen LogP contribution in [0.25, 0.3) is 0 Å². The van der Waals surface area contributed by atoms with Crippen molar-refractivity contribution in [1.29, 1.82) is 0 Å². The second-order valence-electron chi connectivity index (χ2n) is 4.54. The zero-order chi connectivity index (χ0) is 9.68. The molecule has 0 spiro atoms. The minimum absolute atomic E-state index is 0.159. The lowest BCUT2D eigenvalue weighted by atomic mass is 10.0. The number of alkyl halides is 1. The molecule has 78 valence electrons. The lowest BCUT2D eigenvalue weighted by molar-refractivity contribution is 0.241. The number of rotatable bonds is 5. The molecule has 2 unspecified atom stereocenters. The highest BCUT2D eigenvalue weighted by molar-refractivity contribution is 4.81. The van der Waals surface area contributed by atoms with E-state index in [2.05, 4.69) is 19.2 Å². The van der Waals surface area contributed by atoms with E-state index >= 15 is 0 Å². The van der Waals surface area contributed by atoms with Crippen molar-refractivity contribution < 1.29 is 4.39 Å². The molecular weight excluding hydrogens is 165 g/mol. The maximum Gasteiger partial charge on any atom is 0.115 e. The molecule has 0 radical (unpaired) electrons. The van der Waals surface area contributed by atoms with E-state index in [0.29, 0.717) is 5.92 Å². The molecule has 0 aromatic rings. The Kier molecular flexibility index (Phi) is 4.71. The summed E-state index contributed by atoms with van der Waals surface area (Å²) >= 11 is 0. The Morgan fingerprint density at radius 2 is 2.15 bits per heavy atom. The number of halogens is 1. The van der Waals surface area contributed by atoms with Crippen LogP contribution in [0.2, 0.25) is 0 Å². The molecule has 1 N–H and O–H groups in total. The van der Waals surface area contributed by atoms with E-state index in [1.165, 1.54) is 0 Å². The molecule has 0 amide bonds. The molecule has 0 aliphatic carbocycles. The summed E-state index contributed by atoms with van der Waals surface area (Å²) in [4.78, 5) is 0. The second-order valence-corrected chi connectivity index (χ2v) is 4.54. The smallest absolute Gasteiger partial charge is 0.115 e. The third kappa shape index (κ3) is 4.08. The van der Waals surface area contributed by atoms with Crippen LogP contribution in [0.15, 0.2) is 0 Å². The van der Waals surface area contributed by atoms with E-state index in [1.54, 1.807) is 0 Å². The monoisotopic (exact) mass is 187 g/mol. The van der Waals surface area contributed by atoms with E-state index < -0.39 is 6.17 Å². The third-order valence-electron chi connectivity index (χ3n) is 2.80. The molecule has 1 fully saturated rings. The molecule has 1 aliphatic rings. The standard InChI is InChI=1S/C11H22FN/c1-9(2)5-3-6-10(12)11-7-4-8-13-11/h9-11,13H,3-8H2,1-2H3. The summed E-state index contributed by atoms with van der Waals surface area (Å²) < 4.78 is 13.5. The molecule has 0 aromatic heterocycles. The van der Waals surface area contributed by atoms with Gasteiger partial charge in [-0.15, -0.1) is 0 Å². The van der Waals surface area contributed by atoms with Crippen LogP contribution in [0.4, 0.5) is 4.39 Å². The van der Waals surface area contributed by atoms with Gasteiger partial charge >= 0.3 is 0 Å². The first kappa shape index (κ1) is 11.0. The van der Waals surface area contributed by atoms with Crippen molar-refractivity contribution in [2.45, 2.75) is 58.2 Å². The van der Waals surface area contributed by atoms with Gasteiger partial charge in [-0.25, -0.2) is 4.39 Å². The van der Waals surface area contributed by atoms with Gasteiger partial charge in [-0.2, -0.15) is 0 Å². The van der Waals surface area contributed by atoms with E-state index in [0.717, 1.165) is 38.6 Å². The number of hydrogen-bond acceptors (Lipinski definition) is 1. The summed E-state index contributed by atoms with van der Waals surface area (Å²) in [5.74, 6) is 0.712. The lowest BCUT2D eigenvalue weighted by Crippen LogP contribution is -2.31. The normalized spacial score (nSPS) is 25.4. The first-order valence-electron chi connectivity index (χ1n) is 5.57. The van der Waals surface area contributed by atoms with Gasteiger partial charge in [-0.1, -0.05) is 26.7 Å². The fraction of sp³-hybridized carbons (Fsp3) is 1.00. The van der Waals surface area contributed by atoms with Crippen LogP contribution in [0, 0.1) is 5.92 Å². The Labute approximate surface area is 81.1 Å². The van der Waals surface area contributed by atoms with Crippen molar-refractivity contribution in [3.63, 3.8) is 0 Å². The molecule has 1 nitrogen and oxygen atoms in total. The average molecular weight is 187 g/mol. The van der Waals surface area contributed by atoms with Crippen molar-refractivity contribution in [3.8, 4) is 0 Å². The largest absolute Gasteiger partial charge is 0.311 e. The predicted molar refractivity (Wildman–Crippen MR) is 54.6 cm³/mol. The second kappa shape index (κ2) is 5.58. The van der Waals surface area contributed by atoms with Gasteiger partial charge in [0.15, 0.2) is 0 Å². The summed E-state index contributed by atoms with van der Waals surface area (Å²) in [6.45, 7) is 5.40. The predicted octanol–water partition coefficient (Wildman–Crippen LogP) is 2.90. The topological polar surface area (TPSA) is 12.0 Å². The maximum absolute atomic E-state index is 13.5. The third-order valence-corrected chi connectivity index (χ3v) is 2.80. The SMILES string of the molecule is CC(C)CCCC(F)C1CCCN1. The Morgan fingerprint density at radius 1 is 1.38 bits per heavy atom. The fourth-order valence-electron chi connectivity index (χ4n) is 1.94. The zero-order valence-corrected chi connectivity index (χ0v) is 8.85. The molecule has 0 saturated carbocycles. The fourth-order valence-corrected chi connectivity index (χ4v) is 1.94. The number of nitrogens with one attached hydrogen (secondary N) is 1. The van der Waals surface area contributed by atoms with Crippen LogP contribution in [0.1, 0.15) is 46.0 Å². The highest BCUT2D eigenvalue weighted by atomic mass is 19.1. The van der Waals surface area contributed by atoms with Crippen LogP contribution < -0.4 is 5.32 Å². The Morgan fingerprint density at radius 3 is 2.69 bits per heavy atom. The van der Waals surface area contributed by atoms with Gasteiger partial charge in [0.05, 0.1) is 0 Å². The minimum Gasteiger partial charge on any atom is -0.311 e. The molecule has 1 heterocycles. The van der Waals surface area contributed by atoms with Crippen LogP contribution in [-0.4, -0.2) is 18.8 Å². The zero-order valence-electron chi connectivity index (χ0n) is 8.85. The summed E-state index contributed by atoms with van der Waals surface area (Å²) in [5.41, 5.74) is 0. The summed E-state index contributed by atoms with van der Waals surface area (Å²) in [5, 5.41) is 3.22. The molecule has 13 heavy (non-hydrogen) atoms. The van der Waals surface area contributed by atoms with Crippen LogP contribution in [0.3, 0.4) is 0 Å². The molecule has 2 atom stereocenters. The first-order chi connectivity index (χ1) is 6.20. The van der Waals surface area contributed by atoms with Crippen molar-refractivity contribution in [2.75, 3.05) is 6.54 Å². The van der Waals surface area contributed by atoms with E-state index in [1.807, 2.05) is 0 Å². The highest BCUT2D eigenvalue weighted by Gasteiger charge is 2.23. The van der Waals surface area contributed by atoms with Gasteiger partial charge in [-0.05, 0) is 31.7 Å². The Hall–Kier alpha value is -0.110. The molecule has 0 bridgehead atoms. The maximum atomic E-state index is 13.5. The molecule has 1 aliphatic heterocycles. The van der Waals surface area contributed by atoms with E-state index in [4.69, 9.17) is 0 Å². The van der Waals surface area contributed by atoms with Gasteiger partial charge in [0.25, 0.3) is 0 Å². The molecule has 2 heteroatoms. The Bertz CT molecular complexity index is 130. The van der Waals surface area contributed by atoms with Crippen LogP contribution in [0.5, 0.6) is 0 Å². The van der Waals surface area contributed by atoms with Crippen molar-refractivity contribution in [3.05, 3.63) is 0 Å².